The third kappa shape index (κ3) is 5.66. The Morgan fingerprint density at radius 2 is 1.69 bits per heavy atom. The van der Waals surface area contributed by atoms with Gasteiger partial charge in [0.2, 0.25) is 0 Å². The molecule has 1 aliphatic rings. The van der Waals surface area contributed by atoms with Gasteiger partial charge in [0.1, 0.15) is 11.3 Å². The molecule has 1 aromatic heterocycles. The molecule has 1 fully saturated rings. The van der Waals surface area contributed by atoms with E-state index in [-0.39, 0.29) is 12.1 Å². The molecule has 0 bridgehead atoms. The van der Waals surface area contributed by atoms with E-state index in [9.17, 15) is 9.59 Å². The Hall–Kier alpha value is -2.22. The minimum Gasteiger partial charge on any atom is -0.444 e. The van der Waals surface area contributed by atoms with Crippen LogP contribution < -0.4 is 15.6 Å². The molecule has 146 valence electrons. The number of nitrogens with zero attached hydrogens (tertiary/aromatic N) is 2. The van der Waals surface area contributed by atoms with Gasteiger partial charge in [0.25, 0.3) is 0 Å². The molecule has 26 heavy (non-hydrogen) atoms. The number of hydrogen-bond donors (Lipinski definition) is 2. The maximum Gasteiger partial charge on any atom is 0.409 e. The van der Waals surface area contributed by atoms with Crippen LogP contribution in [0.4, 0.5) is 9.59 Å². The van der Waals surface area contributed by atoms with Crippen LogP contribution in [-0.4, -0.2) is 47.3 Å². The molecule has 2 heterocycles. The molecule has 0 unspecified atom stereocenters. The van der Waals surface area contributed by atoms with Gasteiger partial charge in [0.15, 0.2) is 0 Å². The first kappa shape index (κ1) is 20.1. The number of alkyl carbamates (subject to hydrolysis) is 1. The summed E-state index contributed by atoms with van der Waals surface area (Å²) in [5, 5.41) is 7.27. The second-order valence-electron chi connectivity index (χ2n) is 7.90. The van der Waals surface area contributed by atoms with E-state index in [1.54, 1.807) is 51.7 Å². The minimum atomic E-state index is -1.02. The van der Waals surface area contributed by atoms with Crippen LogP contribution in [0.3, 0.4) is 0 Å². The van der Waals surface area contributed by atoms with E-state index in [2.05, 4.69) is 10.6 Å². The number of rotatable bonds is 4. The number of ether oxygens (including phenoxy) is 2. The Morgan fingerprint density at radius 1 is 1.12 bits per heavy atom. The van der Waals surface area contributed by atoms with Gasteiger partial charge < -0.3 is 14.8 Å². The molecule has 3 amide bonds. The van der Waals surface area contributed by atoms with Crippen molar-refractivity contribution >= 4 is 12.1 Å². The van der Waals surface area contributed by atoms with E-state index in [4.69, 9.17) is 9.47 Å². The van der Waals surface area contributed by atoms with E-state index < -0.39 is 17.4 Å². The van der Waals surface area contributed by atoms with Gasteiger partial charge >= 0.3 is 12.1 Å². The topological polar surface area (TPSA) is 84.8 Å². The molecule has 1 aromatic rings. The molecule has 8 heteroatoms. The summed E-state index contributed by atoms with van der Waals surface area (Å²) < 4.78 is 12.3. The highest BCUT2D eigenvalue weighted by atomic mass is 16.6. The normalized spacial score (nSPS) is 16.0. The highest BCUT2D eigenvalue weighted by Crippen LogP contribution is 2.15. The van der Waals surface area contributed by atoms with Crippen molar-refractivity contribution in [2.45, 2.75) is 64.8 Å². The lowest BCUT2D eigenvalue weighted by Crippen LogP contribution is -2.66. The van der Waals surface area contributed by atoms with E-state index in [1.807, 2.05) is 12.1 Å². The Balaban J connectivity index is 2.15. The first-order valence-electron chi connectivity index (χ1n) is 8.91. The zero-order valence-electron chi connectivity index (χ0n) is 16.2. The van der Waals surface area contributed by atoms with Gasteiger partial charge in [-0.1, -0.05) is 0 Å². The van der Waals surface area contributed by atoms with Crippen molar-refractivity contribution in [3.8, 4) is 0 Å². The molecule has 0 aliphatic carbocycles. The van der Waals surface area contributed by atoms with Gasteiger partial charge in [-0.25, -0.2) is 14.6 Å². The average Bonchev–Trinajstić information content (AvgIpc) is 2.98. The van der Waals surface area contributed by atoms with Crippen LogP contribution in [0.1, 0.15) is 47.5 Å². The van der Waals surface area contributed by atoms with Gasteiger partial charge in [-0.15, -0.1) is 0 Å². The quantitative estimate of drug-likeness (QED) is 0.802. The zero-order valence-corrected chi connectivity index (χ0v) is 16.2. The number of carbonyl (C=O) groups is 2. The number of nitrogens with one attached hydrogen (secondary N) is 2. The molecule has 1 saturated heterocycles. The minimum absolute atomic E-state index is 0.0478. The monoisotopic (exact) mass is 366 g/mol. The van der Waals surface area contributed by atoms with Crippen LogP contribution in [0, 0.1) is 0 Å². The molecule has 0 radical (unpaired) electrons. The smallest absolute Gasteiger partial charge is 0.409 e. The third-order valence-electron chi connectivity index (χ3n) is 3.90. The summed E-state index contributed by atoms with van der Waals surface area (Å²) in [5.74, 6) is 0. The summed E-state index contributed by atoms with van der Waals surface area (Å²) >= 11 is 0. The van der Waals surface area contributed by atoms with Crippen LogP contribution in [0.5, 0.6) is 0 Å². The number of urea groups is 1. The summed E-state index contributed by atoms with van der Waals surface area (Å²) in [6.45, 7) is 10.1. The maximum atomic E-state index is 13.0. The largest absolute Gasteiger partial charge is 0.444 e. The van der Waals surface area contributed by atoms with Crippen LogP contribution in [0.2, 0.25) is 0 Å². The zero-order chi connectivity index (χ0) is 19.4. The lowest BCUT2D eigenvalue weighted by atomic mass is 10.1. The van der Waals surface area contributed by atoms with Crippen molar-refractivity contribution in [2.24, 2.45) is 0 Å². The summed E-state index contributed by atoms with van der Waals surface area (Å²) in [6.07, 6.45) is 4.46. The van der Waals surface area contributed by atoms with Crippen molar-refractivity contribution in [1.29, 1.82) is 0 Å². The molecule has 2 rings (SSSR count). The fourth-order valence-electron chi connectivity index (χ4n) is 2.79. The molecule has 0 saturated carbocycles. The van der Waals surface area contributed by atoms with Crippen LogP contribution in [0.15, 0.2) is 24.5 Å². The van der Waals surface area contributed by atoms with Crippen molar-refractivity contribution in [3.63, 3.8) is 0 Å². The summed E-state index contributed by atoms with van der Waals surface area (Å²) in [4.78, 5) is 25.2. The first-order valence-corrected chi connectivity index (χ1v) is 8.91. The standard InChI is InChI=1S/C18H30N4O4/c1-17(2,3)26-16(24)20-18(4,5)22(21-10-6-7-11-21)15(23)19-14-8-12-25-13-9-14/h6-7,10-11,14H,8-9,12-13H2,1-5H3,(H,19,23)(H,20,24). The fourth-order valence-corrected chi connectivity index (χ4v) is 2.79. The number of carbonyl (C=O) groups excluding carboxylic acids is 2. The van der Waals surface area contributed by atoms with Gasteiger partial charge in [-0.05, 0) is 59.6 Å². The van der Waals surface area contributed by atoms with E-state index >= 15 is 0 Å². The molecule has 0 atom stereocenters. The van der Waals surface area contributed by atoms with E-state index in [0.29, 0.717) is 13.2 Å². The molecule has 2 N–H and O–H groups in total. The Kier molecular flexibility index (Phi) is 6.17. The van der Waals surface area contributed by atoms with Gasteiger partial charge in [0.05, 0.1) is 0 Å². The molecule has 8 nitrogen and oxygen atoms in total. The summed E-state index contributed by atoms with van der Waals surface area (Å²) in [6, 6.07) is 3.39. The predicted molar refractivity (Wildman–Crippen MR) is 98.5 cm³/mol. The van der Waals surface area contributed by atoms with Crippen molar-refractivity contribution in [2.75, 3.05) is 18.2 Å². The summed E-state index contributed by atoms with van der Waals surface area (Å²) in [5.41, 5.74) is -1.64. The van der Waals surface area contributed by atoms with Gasteiger partial charge in [0, 0.05) is 31.6 Å². The highest BCUT2D eigenvalue weighted by Gasteiger charge is 2.36. The third-order valence-corrected chi connectivity index (χ3v) is 3.90. The predicted octanol–water partition coefficient (Wildman–Crippen LogP) is 2.58. The first-order chi connectivity index (χ1) is 12.1. The number of hydrogen-bond acceptors (Lipinski definition) is 4. The van der Waals surface area contributed by atoms with Crippen molar-refractivity contribution in [1.82, 2.24) is 15.3 Å². The highest BCUT2D eigenvalue weighted by molar-refractivity contribution is 5.86. The van der Waals surface area contributed by atoms with E-state index in [1.165, 1.54) is 5.01 Å². The maximum absolute atomic E-state index is 13.0. The number of aromatic nitrogens is 1. The molecule has 1 aliphatic heterocycles. The lowest BCUT2D eigenvalue weighted by Gasteiger charge is -2.40. The molecule has 0 spiro atoms. The van der Waals surface area contributed by atoms with Crippen LogP contribution >= 0.6 is 0 Å². The van der Waals surface area contributed by atoms with Gasteiger partial charge in [-0.3, -0.25) is 9.99 Å². The molecule has 0 aromatic carbocycles. The Bertz CT molecular complexity index is 601. The van der Waals surface area contributed by atoms with Crippen molar-refractivity contribution in [3.05, 3.63) is 24.5 Å². The second kappa shape index (κ2) is 7.99. The fraction of sp³-hybridized carbons (Fsp3) is 0.667. The lowest BCUT2D eigenvalue weighted by molar-refractivity contribution is 0.0463. The Labute approximate surface area is 154 Å². The van der Waals surface area contributed by atoms with Gasteiger partial charge in [-0.2, -0.15) is 0 Å². The van der Waals surface area contributed by atoms with Crippen LogP contribution in [0.25, 0.3) is 0 Å². The summed E-state index contributed by atoms with van der Waals surface area (Å²) in [7, 11) is 0. The average molecular weight is 366 g/mol. The van der Waals surface area contributed by atoms with Crippen LogP contribution in [-0.2, 0) is 9.47 Å². The van der Waals surface area contributed by atoms with Crippen molar-refractivity contribution < 1.29 is 19.1 Å². The molecular weight excluding hydrogens is 336 g/mol. The molecular formula is C18H30N4O4. The van der Waals surface area contributed by atoms with E-state index in [0.717, 1.165) is 12.8 Å². The number of amides is 3. The Morgan fingerprint density at radius 3 is 2.23 bits per heavy atom. The SMILES string of the molecule is CC(C)(C)OC(=O)NC(C)(C)N(C(=O)NC1CCOCC1)n1cccc1. The second-order valence-corrected chi connectivity index (χ2v) is 7.90.